The predicted octanol–water partition coefficient (Wildman–Crippen LogP) is 0.888. The zero-order valence-electron chi connectivity index (χ0n) is 10.7. The summed E-state index contributed by atoms with van der Waals surface area (Å²) in [6.45, 7) is 4.21. The molecule has 2 aliphatic rings. The summed E-state index contributed by atoms with van der Waals surface area (Å²) < 4.78 is 9.99. The summed E-state index contributed by atoms with van der Waals surface area (Å²) >= 11 is 0. The van der Waals surface area contributed by atoms with Crippen molar-refractivity contribution in [2.24, 2.45) is 23.5 Å². The van der Waals surface area contributed by atoms with E-state index in [1.807, 2.05) is 0 Å². The van der Waals surface area contributed by atoms with Crippen molar-refractivity contribution in [3.05, 3.63) is 0 Å². The SMILES string of the molecule is CCOC(=O)C1C2CCC(N)(C(=O)OCC)C21.Cl. The Hall–Kier alpha value is -0.810. The lowest BCUT2D eigenvalue weighted by Gasteiger charge is -2.24. The molecule has 2 saturated carbocycles. The maximum Gasteiger partial charge on any atom is 0.326 e. The van der Waals surface area contributed by atoms with Crippen LogP contribution in [0.2, 0.25) is 0 Å². The highest BCUT2D eigenvalue weighted by Gasteiger charge is 2.70. The van der Waals surface area contributed by atoms with Gasteiger partial charge in [-0.3, -0.25) is 9.59 Å². The van der Waals surface area contributed by atoms with Crippen LogP contribution in [0.15, 0.2) is 0 Å². The van der Waals surface area contributed by atoms with Crippen LogP contribution in [0.4, 0.5) is 0 Å². The molecule has 0 spiro atoms. The Labute approximate surface area is 113 Å². The molecule has 6 heteroatoms. The average Bonchev–Trinajstić information content (AvgIpc) is 2.93. The van der Waals surface area contributed by atoms with Crippen molar-refractivity contribution in [3.8, 4) is 0 Å². The van der Waals surface area contributed by atoms with Crippen molar-refractivity contribution in [2.75, 3.05) is 13.2 Å². The number of hydrogen-bond donors (Lipinski definition) is 1. The summed E-state index contributed by atoms with van der Waals surface area (Å²) in [5.41, 5.74) is 5.14. The molecule has 0 aromatic carbocycles. The second-order valence-electron chi connectivity index (χ2n) is 4.77. The predicted molar refractivity (Wildman–Crippen MR) is 67.1 cm³/mol. The molecule has 2 rings (SSSR count). The number of hydrogen-bond acceptors (Lipinski definition) is 5. The summed E-state index contributed by atoms with van der Waals surface area (Å²) in [4.78, 5) is 23.5. The highest BCUT2D eigenvalue weighted by molar-refractivity contribution is 5.87. The standard InChI is InChI=1S/C12H19NO4.ClH/c1-3-16-10(14)8-7-5-6-12(13,9(7)8)11(15)17-4-2;/h7-9H,3-6,13H2,1-2H3;1H. The molecule has 104 valence electrons. The number of fused-ring (bicyclic) bond motifs is 1. The first-order valence-corrected chi connectivity index (χ1v) is 6.19. The number of nitrogens with two attached hydrogens (primary N) is 1. The number of carbonyl (C=O) groups is 2. The van der Waals surface area contributed by atoms with E-state index in [9.17, 15) is 9.59 Å². The molecule has 18 heavy (non-hydrogen) atoms. The van der Waals surface area contributed by atoms with Crippen molar-refractivity contribution < 1.29 is 19.1 Å². The maximum atomic E-state index is 11.8. The number of esters is 2. The zero-order valence-corrected chi connectivity index (χ0v) is 11.5. The molecule has 2 N–H and O–H groups in total. The van der Waals surface area contributed by atoms with Crippen LogP contribution in [0.3, 0.4) is 0 Å². The Morgan fingerprint density at radius 2 is 1.89 bits per heavy atom. The Balaban J connectivity index is 0.00000162. The van der Waals surface area contributed by atoms with Gasteiger partial charge >= 0.3 is 11.9 Å². The van der Waals surface area contributed by atoms with E-state index in [0.29, 0.717) is 19.6 Å². The van der Waals surface area contributed by atoms with E-state index in [0.717, 1.165) is 6.42 Å². The topological polar surface area (TPSA) is 78.6 Å². The third-order valence-electron chi connectivity index (χ3n) is 3.87. The quantitative estimate of drug-likeness (QED) is 0.772. The van der Waals surface area contributed by atoms with E-state index >= 15 is 0 Å². The van der Waals surface area contributed by atoms with Gasteiger partial charge in [-0.15, -0.1) is 12.4 Å². The summed E-state index contributed by atoms with van der Waals surface area (Å²) in [7, 11) is 0. The minimum atomic E-state index is -0.974. The molecule has 5 nitrogen and oxygen atoms in total. The third kappa shape index (κ3) is 2.21. The van der Waals surface area contributed by atoms with Gasteiger partial charge in [-0.2, -0.15) is 0 Å². The highest BCUT2D eigenvalue weighted by atomic mass is 35.5. The molecule has 0 saturated heterocycles. The van der Waals surface area contributed by atoms with Crippen LogP contribution in [-0.2, 0) is 19.1 Å². The molecular formula is C12H20ClNO4. The minimum Gasteiger partial charge on any atom is -0.466 e. The first kappa shape index (κ1) is 15.2. The molecule has 0 radical (unpaired) electrons. The second-order valence-corrected chi connectivity index (χ2v) is 4.77. The Bertz CT molecular complexity index is 349. The molecular weight excluding hydrogens is 258 g/mol. The summed E-state index contributed by atoms with van der Waals surface area (Å²) in [6, 6.07) is 0. The summed E-state index contributed by atoms with van der Waals surface area (Å²) in [6.07, 6.45) is 1.42. The van der Waals surface area contributed by atoms with Gasteiger partial charge in [-0.05, 0) is 32.6 Å². The van der Waals surface area contributed by atoms with E-state index in [2.05, 4.69) is 0 Å². The summed E-state index contributed by atoms with van der Waals surface area (Å²) in [5.74, 6) is -0.664. The van der Waals surface area contributed by atoms with Gasteiger partial charge < -0.3 is 15.2 Å². The Kier molecular flexibility index (Phi) is 4.61. The van der Waals surface area contributed by atoms with Gasteiger partial charge in [0.05, 0.1) is 19.1 Å². The van der Waals surface area contributed by atoms with Crippen LogP contribution in [0, 0.1) is 17.8 Å². The lowest BCUT2D eigenvalue weighted by atomic mass is 9.91. The highest BCUT2D eigenvalue weighted by Crippen LogP contribution is 2.62. The largest absolute Gasteiger partial charge is 0.466 e. The Morgan fingerprint density at radius 3 is 2.44 bits per heavy atom. The van der Waals surface area contributed by atoms with Gasteiger partial charge in [-0.25, -0.2) is 0 Å². The number of rotatable bonds is 4. The fourth-order valence-electron chi connectivity index (χ4n) is 3.07. The van der Waals surface area contributed by atoms with Gasteiger partial charge in [0.15, 0.2) is 0 Å². The van der Waals surface area contributed by atoms with Crippen LogP contribution in [0.25, 0.3) is 0 Å². The fraction of sp³-hybridized carbons (Fsp3) is 0.833. The van der Waals surface area contributed by atoms with Crippen LogP contribution in [-0.4, -0.2) is 30.7 Å². The lowest BCUT2D eigenvalue weighted by molar-refractivity contribution is -0.151. The molecule has 0 heterocycles. The van der Waals surface area contributed by atoms with E-state index < -0.39 is 5.54 Å². The zero-order chi connectivity index (χ0) is 12.6. The Morgan fingerprint density at radius 1 is 1.28 bits per heavy atom. The monoisotopic (exact) mass is 277 g/mol. The van der Waals surface area contributed by atoms with Gasteiger partial charge in [-0.1, -0.05) is 0 Å². The molecule has 2 aliphatic carbocycles. The first-order valence-electron chi connectivity index (χ1n) is 6.19. The minimum absolute atomic E-state index is 0. The second kappa shape index (κ2) is 5.45. The lowest BCUT2D eigenvalue weighted by Crippen LogP contribution is -2.50. The van der Waals surface area contributed by atoms with Crippen LogP contribution < -0.4 is 5.73 Å². The maximum absolute atomic E-state index is 11.8. The van der Waals surface area contributed by atoms with Crippen molar-refractivity contribution in [1.82, 2.24) is 0 Å². The van der Waals surface area contributed by atoms with E-state index in [4.69, 9.17) is 15.2 Å². The van der Waals surface area contributed by atoms with E-state index in [1.165, 1.54) is 0 Å². The summed E-state index contributed by atoms with van der Waals surface area (Å²) in [5, 5.41) is 0. The van der Waals surface area contributed by atoms with Crippen molar-refractivity contribution in [3.63, 3.8) is 0 Å². The molecule has 0 aliphatic heterocycles. The third-order valence-corrected chi connectivity index (χ3v) is 3.87. The average molecular weight is 278 g/mol. The van der Waals surface area contributed by atoms with Crippen LogP contribution in [0.5, 0.6) is 0 Å². The smallest absolute Gasteiger partial charge is 0.326 e. The number of halogens is 1. The fourth-order valence-corrected chi connectivity index (χ4v) is 3.07. The molecule has 0 aromatic rings. The molecule has 4 unspecified atom stereocenters. The van der Waals surface area contributed by atoms with E-state index in [-0.39, 0.29) is 42.1 Å². The van der Waals surface area contributed by atoms with Gasteiger partial charge in [0.1, 0.15) is 5.54 Å². The normalized spacial score (nSPS) is 36.3. The van der Waals surface area contributed by atoms with Gasteiger partial charge in [0, 0.05) is 5.92 Å². The van der Waals surface area contributed by atoms with Crippen LogP contribution in [0.1, 0.15) is 26.7 Å². The number of carbonyl (C=O) groups excluding carboxylic acids is 2. The van der Waals surface area contributed by atoms with Crippen molar-refractivity contribution >= 4 is 24.3 Å². The first-order chi connectivity index (χ1) is 8.06. The van der Waals surface area contributed by atoms with Gasteiger partial charge in [0.25, 0.3) is 0 Å². The molecule has 2 fully saturated rings. The van der Waals surface area contributed by atoms with Gasteiger partial charge in [0.2, 0.25) is 0 Å². The molecule has 0 aromatic heterocycles. The number of ether oxygens (including phenoxy) is 2. The van der Waals surface area contributed by atoms with Crippen molar-refractivity contribution in [2.45, 2.75) is 32.2 Å². The molecule has 0 amide bonds. The van der Waals surface area contributed by atoms with E-state index in [1.54, 1.807) is 13.8 Å². The van der Waals surface area contributed by atoms with Crippen molar-refractivity contribution in [1.29, 1.82) is 0 Å². The molecule has 0 bridgehead atoms. The van der Waals surface area contributed by atoms with Crippen LogP contribution >= 0.6 is 12.4 Å². The molecule has 4 atom stereocenters.